The van der Waals surface area contributed by atoms with Crippen LogP contribution in [0.1, 0.15) is 22.9 Å². The second-order valence-electron chi connectivity index (χ2n) is 7.08. The molecular weight excluding hydrogens is 350 g/mol. The predicted molar refractivity (Wildman–Crippen MR) is 112 cm³/mol. The molecule has 1 aliphatic heterocycles. The predicted octanol–water partition coefficient (Wildman–Crippen LogP) is 2.83. The summed E-state index contributed by atoms with van der Waals surface area (Å²) in [6, 6.07) is 14.5. The first kappa shape index (κ1) is 18.5. The fraction of sp³-hybridized carbons (Fsp3) is 0.364. The van der Waals surface area contributed by atoms with Gasteiger partial charge in [0.05, 0.1) is 18.8 Å². The van der Waals surface area contributed by atoms with Gasteiger partial charge in [-0.3, -0.25) is 4.99 Å². The average molecular weight is 377 g/mol. The molecule has 0 saturated carbocycles. The monoisotopic (exact) mass is 377 g/mol. The van der Waals surface area contributed by atoms with Gasteiger partial charge in [-0.1, -0.05) is 30.3 Å². The lowest BCUT2D eigenvalue weighted by Crippen LogP contribution is -2.48. The van der Waals surface area contributed by atoms with Crippen LogP contribution in [-0.4, -0.2) is 53.5 Å². The van der Waals surface area contributed by atoms with Gasteiger partial charge in [0.2, 0.25) is 0 Å². The summed E-state index contributed by atoms with van der Waals surface area (Å²) < 4.78 is 8.09. The van der Waals surface area contributed by atoms with Crippen molar-refractivity contribution in [2.24, 2.45) is 4.99 Å². The molecule has 0 aliphatic carbocycles. The van der Waals surface area contributed by atoms with E-state index in [0.29, 0.717) is 6.61 Å². The molecule has 1 aromatic carbocycles. The van der Waals surface area contributed by atoms with E-state index in [1.807, 2.05) is 31.4 Å². The molecule has 1 aliphatic rings. The fourth-order valence-corrected chi connectivity index (χ4v) is 3.72. The van der Waals surface area contributed by atoms with E-state index in [1.54, 1.807) is 0 Å². The summed E-state index contributed by atoms with van der Waals surface area (Å²) in [4.78, 5) is 11.4. The lowest BCUT2D eigenvalue weighted by Gasteiger charge is -2.35. The molecule has 0 spiro atoms. The Bertz CT molecular complexity index is 931. The fourth-order valence-electron chi connectivity index (χ4n) is 3.72. The van der Waals surface area contributed by atoms with Crippen LogP contribution in [0.2, 0.25) is 0 Å². The number of pyridine rings is 1. The highest BCUT2D eigenvalue weighted by Gasteiger charge is 2.25. The Hall–Kier alpha value is -2.86. The van der Waals surface area contributed by atoms with Gasteiger partial charge in [0.15, 0.2) is 5.96 Å². The molecule has 1 unspecified atom stereocenters. The molecular formula is C22H27N5O. The summed E-state index contributed by atoms with van der Waals surface area (Å²) >= 11 is 0. The highest BCUT2D eigenvalue weighted by atomic mass is 16.5. The highest BCUT2D eigenvalue weighted by molar-refractivity contribution is 5.80. The minimum Gasteiger partial charge on any atom is -0.370 e. The molecule has 0 radical (unpaired) electrons. The van der Waals surface area contributed by atoms with Crippen molar-refractivity contribution in [2.45, 2.75) is 19.4 Å². The molecule has 3 heterocycles. The molecule has 0 bridgehead atoms. The number of guanidine groups is 1. The Balaban J connectivity index is 1.36. The van der Waals surface area contributed by atoms with Gasteiger partial charge in [-0.05, 0) is 30.2 Å². The van der Waals surface area contributed by atoms with Crippen LogP contribution in [0.5, 0.6) is 0 Å². The van der Waals surface area contributed by atoms with E-state index in [-0.39, 0.29) is 6.10 Å². The third kappa shape index (κ3) is 4.02. The molecule has 1 saturated heterocycles. The highest BCUT2D eigenvalue weighted by Crippen LogP contribution is 2.24. The standard InChI is InChI=1S/C22H27N5O/c1-17-7-3-4-8-19(17)20-16-27(13-14-28-20)22(23-2)24-11-10-18-15-26-12-6-5-9-21(26)25-18/h3-9,12,15,20H,10-11,13-14,16H2,1-2H3,(H,23,24). The number of aryl methyl sites for hydroxylation is 1. The molecule has 2 aromatic heterocycles. The zero-order chi connectivity index (χ0) is 19.3. The molecule has 1 atom stereocenters. The number of aliphatic imine (C=N–C) groups is 1. The van der Waals surface area contributed by atoms with Gasteiger partial charge in [-0.15, -0.1) is 0 Å². The van der Waals surface area contributed by atoms with Crippen LogP contribution >= 0.6 is 0 Å². The van der Waals surface area contributed by atoms with Crippen molar-refractivity contribution >= 4 is 11.6 Å². The van der Waals surface area contributed by atoms with Gasteiger partial charge in [0.25, 0.3) is 0 Å². The maximum absolute atomic E-state index is 6.04. The summed E-state index contributed by atoms with van der Waals surface area (Å²) in [6.07, 6.45) is 5.04. The van der Waals surface area contributed by atoms with Gasteiger partial charge in [-0.2, -0.15) is 0 Å². The number of rotatable bonds is 4. The van der Waals surface area contributed by atoms with Crippen molar-refractivity contribution in [3.8, 4) is 0 Å². The zero-order valence-corrected chi connectivity index (χ0v) is 16.5. The van der Waals surface area contributed by atoms with Crippen LogP contribution in [0, 0.1) is 6.92 Å². The molecule has 0 amide bonds. The lowest BCUT2D eigenvalue weighted by molar-refractivity contribution is -0.00829. The largest absolute Gasteiger partial charge is 0.370 e. The van der Waals surface area contributed by atoms with Gasteiger partial charge in [-0.25, -0.2) is 4.98 Å². The normalized spacial score (nSPS) is 17.9. The molecule has 6 heteroatoms. The van der Waals surface area contributed by atoms with E-state index in [0.717, 1.165) is 43.4 Å². The van der Waals surface area contributed by atoms with Gasteiger partial charge >= 0.3 is 0 Å². The van der Waals surface area contributed by atoms with Crippen LogP contribution in [0.25, 0.3) is 5.65 Å². The zero-order valence-electron chi connectivity index (χ0n) is 16.5. The van der Waals surface area contributed by atoms with Crippen molar-refractivity contribution in [3.05, 3.63) is 71.7 Å². The lowest BCUT2D eigenvalue weighted by atomic mass is 10.0. The number of aromatic nitrogens is 2. The first-order valence-corrected chi connectivity index (χ1v) is 9.80. The van der Waals surface area contributed by atoms with Crippen LogP contribution in [-0.2, 0) is 11.2 Å². The second kappa shape index (κ2) is 8.44. The molecule has 1 N–H and O–H groups in total. The SMILES string of the molecule is CN=C(NCCc1cn2ccccc2n1)N1CCOC(c2ccccc2C)C1. The van der Waals surface area contributed by atoms with Crippen molar-refractivity contribution in [1.29, 1.82) is 0 Å². The van der Waals surface area contributed by atoms with Crippen molar-refractivity contribution in [3.63, 3.8) is 0 Å². The van der Waals surface area contributed by atoms with E-state index >= 15 is 0 Å². The van der Waals surface area contributed by atoms with E-state index in [1.165, 1.54) is 11.1 Å². The van der Waals surface area contributed by atoms with Gasteiger partial charge in [0, 0.05) is 39.0 Å². The summed E-state index contributed by atoms with van der Waals surface area (Å²) in [7, 11) is 1.84. The minimum absolute atomic E-state index is 0.0759. The Labute approximate surface area is 165 Å². The second-order valence-corrected chi connectivity index (χ2v) is 7.08. The van der Waals surface area contributed by atoms with Crippen LogP contribution in [0.15, 0.2) is 59.9 Å². The Morgan fingerprint density at radius 1 is 1.25 bits per heavy atom. The number of benzene rings is 1. The molecule has 6 nitrogen and oxygen atoms in total. The third-order valence-electron chi connectivity index (χ3n) is 5.19. The molecule has 146 valence electrons. The molecule has 1 fully saturated rings. The molecule has 3 aromatic rings. The Kier molecular flexibility index (Phi) is 5.58. The van der Waals surface area contributed by atoms with E-state index in [2.05, 4.69) is 62.0 Å². The van der Waals surface area contributed by atoms with Gasteiger partial charge < -0.3 is 19.4 Å². The summed E-state index contributed by atoms with van der Waals surface area (Å²) in [5.74, 6) is 0.922. The average Bonchev–Trinajstić information content (AvgIpc) is 3.14. The summed E-state index contributed by atoms with van der Waals surface area (Å²) in [5.41, 5.74) is 4.58. The number of nitrogens with zero attached hydrogens (tertiary/aromatic N) is 4. The van der Waals surface area contributed by atoms with E-state index in [9.17, 15) is 0 Å². The van der Waals surface area contributed by atoms with Crippen molar-refractivity contribution < 1.29 is 4.74 Å². The number of fused-ring (bicyclic) bond motifs is 1. The van der Waals surface area contributed by atoms with Crippen LogP contribution in [0.4, 0.5) is 0 Å². The number of ether oxygens (including phenoxy) is 1. The van der Waals surface area contributed by atoms with Gasteiger partial charge in [0.1, 0.15) is 11.8 Å². The number of hydrogen-bond donors (Lipinski definition) is 1. The topological polar surface area (TPSA) is 54.2 Å². The first-order valence-electron chi connectivity index (χ1n) is 9.80. The Morgan fingerprint density at radius 3 is 2.93 bits per heavy atom. The number of nitrogens with one attached hydrogen (secondary N) is 1. The van der Waals surface area contributed by atoms with E-state index < -0.39 is 0 Å². The molecule has 28 heavy (non-hydrogen) atoms. The summed E-state index contributed by atoms with van der Waals surface area (Å²) in [5, 5.41) is 3.49. The number of morpholine rings is 1. The Morgan fingerprint density at radius 2 is 2.11 bits per heavy atom. The quantitative estimate of drug-likeness (QED) is 0.561. The third-order valence-corrected chi connectivity index (χ3v) is 5.19. The van der Waals surface area contributed by atoms with Crippen molar-refractivity contribution in [2.75, 3.05) is 33.3 Å². The van der Waals surface area contributed by atoms with Crippen molar-refractivity contribution in [1.82, 2.24) is 19.6 Å². The summed E-state index contributed by atoms with van der Waals surface area (Å²) in [6.45, 7) is 5.28. The first-order chi connectivity index (χ1) is 13.7. The molecule has 4 rings (SSSR count). The minimum atomic E-state index is 0.0759. The van der Waals surface area contributed by atoms with E-state index in [4.69, 9.17) is 4.74 Å². The maximum atomic E-state index is 6.04. The maximum Gasteiger partial charge on any atom is 0.193 e. The van der Waals surface area contributed by atoms with Crippen LogP contribution in [0.3, 0.4) is 0 Å². The van der Waals surface area contributed by atoms with Crippen LogP contribution < -0.4 is 5.32 Å². The smallest absolute Gasteiger partial charge is 0.193 e. The number of imidazole rings is 1. The number of hydrogen-bond acceptors (Lipinski definition) is 3.